The van der Waals surface area contributed by atoms with Crippen LogP contribution in [0.2, 0.25) is 0 Å². The molecule has 0 amide bonds. The number of unbranched alkanes of at least 4 members (excludes halogenated alkanes) is 1. The fourth-order valence-electron chi connectivity index (χ4n) is 4.36. The van der Waals surface area contributed by atoms with Crippen LogP contribution >= 0.6 is 0 Å². The summed E-state index contributed by atoms with van der Waals surface area (Å²) in [6, 6.07) is 8.93. The van der Waals surface area contributed by atoms with Gasteiger partial charge in [0.25, 0.3) is 0 Å². The highest BCUT2D eigenvalue weighted by Crippen LogP contribution is 2.42. The van der Waals surface area contributed by atoms with Crippen molar-refractivity contribution in [3.8, 4) is 5.75 Å². The highest BCUT2D eigenvalue weighted by atomic mass is 16.5. The maximum Gasteiger partial charge on any atom is 0.320 e. The van der Waals surface area contributed by atoms with Crippen LogP contribution in [0.25, 0.3) is 17.1 Å². The van der Waals surface area contributed by atoms with Crippen molar-refractivity contribution >= 4 is 34.5 Å². The first-order chi connectivity index (χ1) is 16.9. The van der Waals surface area contributed by atoms with Gasteiger partial charge < -0.3 is 30.0 Å². The lowest BCUT2D eigenvalue weighted by Gasteiger charge is -2.34. The first-order valence-corrected chi connectivity index (χ1v) is 11.6. The molecule has 2 atom stereocenters. The van der Waals surface area contributed by atoms with Crippen LogP contribution in [-0.2, 0) is 14.3 Å². The van der Waals surface area contributed by atoms with Crippen molar-refractivity contribution in [3.05, 3.63) is 59.6 Å². The van der Waals surface area contributed by atoms with E-state index in [0.717, 1.165) is 17.4 Å². The zero-order valence-electron chi connectivity index (χ0n) is 19.7. The minimum Gasteiger partial charge on any atom is -0.491 e. The molecule has 1 aliphatic heterocycles. The molecule has 1 aliphatic rings. The molecule has 184 valence electrons. The number of ketones is 1. The number of carbonyl (C=O) groups is 2. The summed E-state index contributed by atoms with van der Waals surface area (Å²) in [7, 11) is 0. The smallest absolute Gasteiger partial charge is 0.320 e. The molecule has 1 fully saturated rings. The van der Waals surface area contributed by atoms with E-state index in [0.29, 0.717) is 35.5 Å². The van der Waals surface area contributed by atoms with E-state index in [1.165, 1.54) is 0 Å². The molecule has 4 N–H and O–H groups in total. The number of hydrogen-bond acceptors (Lipinski definition) is 7. The lowest BCUT2D eigenvalue weighted by molar-refractivity contribution is -0.149. The maximum atomic E-state index is 13.4. The molecule has 3 heterocycles. The van der Waals surface area contributed by atoms with Gasteiger partial charge in [-0.1, -0.05) is 13.3 Å². The Hall–Kier alpha value is -3.85. The highest BCUT2D eigenvalue weighted by Gasteiger charge is 2.57. The van der Waals surface area contributed by atoms with Gasteiger partial charge >= 0.3 is 5.97 Å². The molecule has 0 spiro atoms. The number of anilines is 1. The van der Waals surface area contributed by atoms with E-state index in [4.69, 9.17) is 14.6 Å². The molecule has 0 radical (unpaired) electrons. The summed E-state index contributed by atoms with van der Waals surface area (Å²) in [5, 5.41) is 23.1. The van der Waals surface area contributed by atoms with E-state index < -0.39 is 23.4 Å². The van der Waals surface area contributed by atoms with Crippen molar-refractivity contribution in [2.75, 3.05) is 18.5 Å². The number of ether oxygens (including phenoxy) is 2. The number of nitrogens with one attached hydrogen (secondary N) is 2. The zero-order valence-corrected chi connectivity index (χ0v) is 19.7. The fraction of sp³-hybridized carbons (Fsp3) is 0.346. The molecule has 1 aromatic carbocycles. The number of carbonyl (C=O) groups excluding carboxylic acids is 1. The second-order valence-corrected chi connectivity index (χ2v) is 8.56. The standard InChI is InChI=1S/C26H29N3O6/c1-3-4-9-26(29-20-8-7-18(13-16(20)2)34-12-11-30)22(25(32)33)23(31)21(35-26)14-17-15-28-24-19(17)6-5-10-27-24/h5-8,10,13-15,22,29-30H,3-4,9,11-12H2,1-2H3,(H,27,28)(H,32,33). The number of rotatable bonds is 10. The molecule has 2 aromatic heterocycles. The van der Waals surface area contributed by atoms with Gasteiger partial charge in [-0.05, 0) is 55.3 Å². The van der Waals surface area contributed by atoms with Crippen LogP contribution in [0.5, 0.6) is 5.75 Å². The molecular formula is C26H29N3O6. The number of H-pyrrole nitrogens is 1. The molecule has 4 rings (SSSR count). The average Bonchev–Trinajstić information content (AvgIpc) is 3.37. The van der Waals surface area contributed by atoms with Gasteiger partial charge in [-0.25, -0.2) is 4.98 Å². The average molecular weight is 480 g/mol. The number of aryl methyl sites for hydroxylation is 1. The monoisotopic (exact) mass is 479 g/mol. The number of aliphatic hydroxyl groups excluding tert-OH is 1. The van der Waals surface area contributed by atoms with Crippen LogP contribution in [-0.4, -0.2) is 50.9 Å². The lowest BCUT2D eigenvalue weighted by Crippen LogP contribution is -2.48. The number of Topliss-reactive ketones (excluding diaryl/α,β-unsaturated/α-hetero) is 1. The molecule has 0 saturated carbocycles. The Morgan fingerprint density at radius 1 is 1.37 bits per heavy atom. The number of nitrogens with zero attached hydrogens (tertiary/aromatic N) is 1. The Balaban J connectivity index is 1.73. The zero-order chi connectivity index (χ0) is 25.0. The van der Waals surface area contributed by atoms with E-state index in [-0.39, 0.29) is 19.0 Å². The van der Waals surface area contributed by atoms with Crippen molar-refractivity contribution in [1.29, 1.82) is 0 Å². The number of aromatic nitrogens is 2. The van der Waals surface area contributed by atoms with Gasteiger partial charge in [0.15, 0.2) is 11.7 Å². The van der Waals surface area contributed by atoms with Crippen LogP contribution in [0.3, 0.4) is 0 Å². The van der Waals surface area contributed by atoms with Gasteiger partial charge in [0.1, 0.15) is 18.0 Å². The number of benzene rings is 1. The predicted molar refractivity (Wildman–Crippen MR) is 131 cm³/mol. The van der Waals surface area contributed by atoms with Crippen LogP contribution in [0.1, 0.15) is 37.3 Å². The summed E-state index contributed by atoms with van der Waals surface area (Å²) in [6.45, 7) is 3.91. The van der Waals surface area contributed by atoms with E-state index in [1.54, 1.807) is 42.7 Å². The summed E-state index contributed by atoms with van der Waals surface area (Å²) in [6.07, 6.45) is 6.73. The second kappa shape index (κ2) is 10.2. The maximum absolute atomic E-state index is 13.4. The van der Waals surface area contributed by atoms with Crippen LogP contribution in [0.15, 0.2) is 48.5 Å². The van der Waals surface area contributed by atoms with E-state index in [1.807, 2.05) is 19.9 Å². The molecule has 0 bridgehead atoms. The van der Waals surface area contributed by atoms with Gasteiger partial charge in [0.05, 0.1) is 6.61 Å². The van der Waals surface area contributed by atoms with Gasteiger partial charge in [-0.3, -0.25) is 9.59 Å². The third-order valence-corrected chi connectivity index (χ3v) is 6.09. The Morgan fingerprint density at radius 3 is 2.91 bits per heavy atom. The molecular weight excluding hydrogens is 450 g/mol. The highest BCUT2D eigenvalue weighted by molar-refractivity contribution is 6.12. The number of aliphatic carboxylic acids is 1. The molecule has 2 unspecified atom stereocenters. The summed E-state index contributed by atoms with van der Waals surface area (Å²) >= 11 is 0. The number of pyridine rings is 1. The fourth-order valence-corrected chi connectivity index (χ4v) is 4.36. The number of carboxylic acids is 1. The van der Waals surface area contributed by atoms with E-state index >= 15 is 0 Å². The minimum atomic E-state index is -1.45. The number of aliphatic hydroxyl groups is 1. The molecule has 9 nitrogen and oxygen atoms in total. The first-order valence-electron chi connectivity index (χ1n) is 11.6. The van der Waals surface area contributed by atoms with Crippen LogP contribution < -0.4 is 10.1 Å². The topological polar surface area (TPSA) is 134 Å². The van der Waals surface area contributed by atoms with Crippen molar-refractivity contribution in [1.82, 2.24) is 9.97 Å². The second-order valence-electron chi connectivity index (χ2n) is 8.56. The first kappa shape index (κ1) is 24.3. The molecule has 3 aromatic rings. The Labute approximate surface area is 202 Å². The molecule has 35 heavy (non-hydrogen) atoms. The summed E-state index contributed by atoms with van der Waals surface area (Å²) in [5.74, 6) is -2.68. The predicted octanol–water partition coefficient (Wildman–Crippen LogP) is 3.88. The summed E-state index contributed by atoms with van der Waals surface area (Å²) in [4.78, 5) is 33.0. The van der Waals surface area contributed by atoms with E-state index in [9.17, 15) is 14.7 Å². The Kier molecular flexibility index (Phi) is 7.07. The SMILES string of the molecule is CCCCC1(Nc2ccc(OCCO)cc2C)OC(=Cc2c[nH]c3ncccc23)C(=O)C1C(=O)O. The van der Waals surface area contributed by atoms with Gasteiger partial charge in [-0.15, -0.1) is 0 Å². The van der Waals surface area contributed by atoms with Crippen molar-refractivity contribution in [2.45, 2.75) is 38.8 Å². The third kappa shape index (κ3) is 4.85. The molecule has 0 aliphatic carbocycles. The third-order valence-electron chi connectivity index (χ3n) is 6.09. The minimum absolute atomic E-state index is 0.00805. The largest absolute Gasteiger partial charge is 0.491 e. The van der Waals surface area contributed by atoms with Gasteiger partial charge in [0, 0.05) is 35.5 Å². The summed E-state index contributed by atoms with van der Waals surface area (Å²) in [5.41, 5.74) is 1.32. The number of carboxylic acid groups (broad SMARTS) is 1. The number of hydrogen-bond donors (Lipinski definition) is 4. The Morgan fingerprint density at radius 2 is 2.20 bits per heavy atom. The van der Waals surface area contributed by atoms with Gasteiger partial charge in [-0.2, -0.15) is 0 Å². The van der Waals surface area contributed by atoms with Crippen LogP contribution in [0.4, 0.5) is 5.69 Å². The number of fused-ring (bicyclic) bond motifs is 1. The van der Waals surface area contributed by atoms with Crippen molar-refractivity contribution < 1.29 is 29.3 Å². The summed E-state index contributed by atoms with van der Waals surface area (Å²) < 4.78 is 11.7. The number of allylic oxidation sites excluding steroid dienone is 1. The number of aromatic amines is 1. The normalized spacial score (nSPS) is 20.8. The van der Waals surface area contributed by atoms with Gasteiger partial charge in [0.2, 0.25) is 11.5 Å². The van der Waals surface area contributed by atoms with Crippen LogP contribution in [0, 0.1) is 12.8 Å². The lowest BCUT2D eigenvalue weighted by atomic mass is 9.88. The molecule has 9 heteroatoms. The van der Waals surface area contributed by atoms with Crippen molar-refractivity contribution in [2.24, 2.45) is 5.92 Å². The Bertz CT molecular complexity index is 1270. The van der Waals surface area contributed by atoms with E-state index in [2.05, 4.69) is 15.3 Å². The van der Waals surface area contributed by atoms with Crippen molar-refractivity contribution in [3.63, 3.8) is 0 Å². The quantitative estimate of drug-likeness (QED) is 0.254. The molecule has 1 saturated heterocycles.